The van der Waals surface area contributed by atoms with Crippen molar-refractivity contribution in [1.82, 2.24) is 4.90 Å². The Morgan fingerprint density at radius 1 is 1.00 bits per heavy atom. The lowest BCUT2D eigenvalue weighted by Gasteiger charge is -2.35. The second kappa shape index (κ2) is 7.94. The molecule has 0 spiro atoms. The van der Waals surface area contributed by atoms with Crippen LogP contribution in [0.5, 0.6) is 11.7 Å². The fraction of sp³-hybridized carbons (Fsp3) is 0.190. The van der Waals surface area contributed by atoms with E-state index in [-0.39, 0.29) is 23.4 Å². The molecule has 1 aromatic heterocycles. The summed E-state index contributed by atoms with van der Waals surface area (Å²) in [6, 6.07) is 16.8. The van der Waals surface area contributed by atoms with Gasteiger partial charge in [-0.05, 0) is 36.4 Å². The first kappa shape index (κ1) is 18.4. The molecular formula is C21H18ClFN2O3. The third kappa shape index (κ3) is 3.97. The summed E-state index contributed by atoms with van der Waals surface area (Å²) in [5.74, 6) is 0.483. The number of amides is 1. The summed E-state index contributed by atoms with van der Waals surface area (Å²) in [6.07, 6.45) is 0. The summed E-state index contributed by atoms with van der Waals surface area (Å²) in [6.45, 7) is 2.08. The van der Waals surface area contributed by atoms with Gasteiger partial charge in [0.25, 0.3) is 11.9 Å². The van der Waals surface area contributed by atoms with E-state index in [9.17, 15) is 9.18 Å². The molecule has 0 bridgehead atoms. The molecule has 4 rings (SSSR count). The van der Waals surface area contributed by atoms with Gasteiger partial charge in [-0.1, -0.05) is 29.8 Å². The number of ether oxygens (including phenoxy) is 1. The molecule has 5 nitrogen and oxygen atoms in total. The lowest BCUT2D eigenvalue weighted by molar-refractivity contribution is 0.0709. The Bertz CT molecular complexity index is 983. The van der Waals surface area contributed by atoms with Gasteiger partial charge in [0.2, 0.25) is 0 Å². The molecule has 0 aliphatic carbocycles. The van der Waals surface area contributed by atoms with Gasteiger partial charge in [-0.3, -0.25) is 4.79 Å². The van der Waals surface area contributed by atoms with Crippen molar-refractivity contribution < 1.29 is 18.3 Å². The summed E-state index contributed by atoms with van der Waals surface area (Å²) in [5, 5.41) is 0.549. The number of para-hydroxylation sites is 1. The molecule has 1 aliphatic heterocycles. The first-order valence-electron chi connectivity index (χ1n) is 8.92. The Kier molecular flexibility index (Phi) is 5.21. The van der Waals surface area contributed by atoms with Gasteiger partial charge in [0.15, 0.2) is 5.76 Å². The normalized spacial score (nSPS) is 14.2. The van der Waals surface area contributed by atoms with E-state index in [1.54, 1.807) is 59.5 Å². The third-order valence-corrected chi connectivity index (χ3v) is 4.80. The quantitative estimate of drug-likeness (QED) is 0.629. The summed E-state index contributed by atoms with van der Waals surface area (Å²) in [7, 11) is 0. The highest BCUT2D eigenvalue weighted by atomic mass is 35.5. The molecule has 144 valence electrons. The summed E-state index contributed by atoms with van der Waals surface area (Å²) in [5.41, 5.74) is 0.560. The molecule has 2 heterocycles. The Morgan fingerprint density at radius 3 is 2.54 bits per heavy atom. The summed E-state index contributed by atoms with van der Waals surface area (Å²) < 4.78 is 25.1. The van der Waals surface area contributed by atoms with Gasteiger partial charge >= 0.3 is 0 Å². The van der Waals surface area contributed by atoms with Gasteiger partial charge in [0.05, 0.1) is 5.69 Å². The number of piperazine rings is 1. The minimum Gasteiger partial charge on any atom is -0.426 e. The molecule has 0 unspecified atom stereocenters. The zero-order valence-electron chi connectivity index (χ0n) is 15.0. The molecule has 1 aliphatic rings. The van der Waals surface area contributed by atoms with Crippen LogP contribution in [0.4, 0.5) is 10.1 Å². The van der Waals surface area contributed by atoms with Crippen molar-refractivity contribution >= 4 is 23.2 Å². The molecule has 0 N–H and O–H groups in total. The molecule has 1 saturated heterocycles. The highest BCUT2D eigenvalue weighted by Gasteiger charge is 2.25. The lowest BCUT2D eigenvalue weighted by atomic mass is 10.2. The van der Waals surface area contributed by atoms with Gasteiger partial charge in [-0.2, -0.15) is 0 Å². The maximum atomic E-state index is 13.9. The average Bonchev–Trinajstić information content (AvgIpc) is 3.16. The second-order valence-electron chi connectivity index (χ2n) is 6.41. The second-order valence-corrected chi connectivity index (χ2v) is 6.85. The van der Waals surface area contributed by atoms with Crippen LogP contribution in [0.3, 0.4) is 0 Å². The van der Waals surface area contributed by atoms with E-state index >= 15 is 0 Å². The molecule has 2 aromatic carbocycles. The Hall–Kier alpha value is -2.99. The van der Waals surface area contributed by atoms with Crippen molar-refractivity contribution in [3.8, 4) is 11.7 Å². The van der Waals surface area contributed by atoms with Crippen molar-refractivity contribution in [1.29, 1.82) is 0 Å². The van der Waals surface area contributed by atoms with Crippen LogP contribution in [0.2, 0.25) is 5.02 Å². The standard InChI is InChI=1S/C21H18ClFN2O3/c22-15-4-3-5-16(14-15)27-20-9-8-19(28-20)21(26)25-12-10-24(11-13-25)18-7-2-1-6-17(18)23/h1-9,14H,10-13H2. The number of hydrogen-bond donors (Lipinski definition) is 0. The summed E-state index contributed by atoms with van der Waals surface area (Å²) in [4.78, 5) is 16.3. The van der Waals surface area contributed by atoms with Crippen LogP contribution >= 0.6 is 11.6 Å². The number of benzene rings is 2. The Morgan fingerprint density at radius 2 is 1.79 bits per heavy atom. The third-order valence-electron chi connectivity index (χ3n) is 4.57. The van der Waals surface area contributed by atoms with Crippen LogP contribution < -0.4 is 9.64 Å². The number of anilines is 1. The van der Waals surface area contributed by atoms with Crippen molar-refractivity contribution in [2.75, 3.05) is 31.1 Å². The molecule has 0 radical (unpaired) electrons. The van der Waals surface area contributed by atoms with E-state index in [1.807, 2.05) is 4.90 Å². The van der Waals surface area contributed by atoms with Gasteiger partial charge in [0, 0.05) is 37.3 Å². The first-order valence-corrected chi connectivity index (χ1v) is 9.30. The highest BCUT2D eigenvalue weighted by molar-refractivity contribution is 6.30. The minimum atomic E-state index is -0.254. The van der Waals surface area contributed by atoms with E-state index in [2.05, 4.69) is 0 Å². The van der Waals surface area contributed by atoms with Crippen molar-refractivity contribution in [3.05, 3.63) is 77.3 Å². The maximum absolute atomic E-state index is 13.9. The van der Waals surface area contributed by atoms with Gasteiger partial charge in [-0.25, -0.2) is 4.39 Å². The van der Waals surface area contributed by atoms with Gasteiger partial charge in [0.1, 0.15) is 11.6 Å². The van der Waals surface area contributed by atoms with E-state index in [0.717, 1.165) is 0 Å². The Labute approximate surface area is 166 Å². The smallest absolute Gasteiger partial charge is 0.290 e. The SMILES string of the molecule is O=C(c1ccc(Oc2cccc(Cl)c2)o1)N1CCN(c2ccccc2F)CC1. The number of furan rings is 1. The van der Waals surface area contributed by atoms with Gasteiger partial charge < -0.3 is 19.0 Å². The highest BCUT2D eigenvalue weighted by Crippen LogP contribution is 2.27. The number of carbonyl (C=O) groups is 1. The maximum Gasteiger partial charge on any atom is 0.290 e. The van der Waals surface area contributed by atoms with E-state index in [1.165, 1.54) is 6.07 Å². The predicted molar refractivity (Wildman–Crippen MR) is 105 cm³/mol. The zero-order valence-corrected chi connectivity index (χ0v) is 15.7. The first-order chi connectivity index (χ1) is 13.6. The predicted octanol–water partition coefficient (Wildman–Crippen LogP) is 4.83. The molecule has 0 saturated carbocycles. The van der Waals surface area contributed by atoms with Crippen LogP contribution in [0, 0.1) is 5.82 Å². The molecule has 28 heavy (non-hydrogen) atoms. The molecule has 0 atom stereocenters. The van der Waals surface area contributed by atoms with E-state index in [0.29, 0.717) is 42.6 Å². The Balaban J connectivity index is 1.38. The molecule has 1 fully saturated rings. The number of nitrogens with zero attached hydrogens (tertiary/aromatic N) is 2. The van der Waals surface area contributed by atoms with Crippen LogP contribution in [-0.4, -0.2) is 37.0 Å². The van der Waals surface area contributed by atoms with E-state index in [4.69, 9.17) is 20.8 Å². The van der Waals surface area contributed by atoms with Gasteiger partial charge in [-0.15, -0.1) is 0 Å². The molecule has 1 amide bonds. The lowest BCUT2D eigenvalue weighted by Crippen LogP contribution is -2.49. The monoisotopic (exact) mass is 400 g/mol. The number of halogens is 2. The number of carbonyl (C=O) groups excluding carboxylic acids is 1. The molecular weight excluding hydrogens is 383 g/mol. The van der Waals surface area contributed by atoms with Crippen LogP contribution in [0.25, 0.3) is 0 Å². The molecule has 7 heteroatoms. The van der Waals surface area contributed by atoms with Crippen LogP contribution in [-0.2, 0) is 0 Å². The topological polar surface area (TPSA) is 45.9 Å². The van der Waals surface area contributed by atoms with Crippen molar-refractivity contribution in [2.45, 2.75) is 0 Å². The number of hydrogen-bond acceptors (Lipinski definition) is 4. The average molecular weight is 401 g/mol. The zero-order chi connectivity index (χ0) is 19.5. The number of rotatable bonds is 4. The minimum absolute atomic E-state index is 0.205. The van der Waals surface area contributed by atoms with Crippen LogP contribution in [0.15, 0.2) is 65.1 Å². The fourth-order valence-electron chi connectivity index (χ4n) is 3.15. The van der Waals surface area contributed by atoms with Crippen molar-refractivity contribution in [2.24, 2.45) is 0 Å². The fourth-order valence-corrected chi connectivity index (χ4v) is 3.33. The largest absolute Gasteiger partial charge is 0.426 e. The van der Waals surface area contributed by atoms with Crippen molar-refractivity contribution in [3.63, 3.8) is 0 Å². The molecule has 3 aromatic rings. The summed E-state index contributed by atoms with van der Waals surface area (Å²) >= 11 is 5.94. The van der Waals surface area contributed by atoms with Crippen LogP contribution in [0.1, 0.15) is 10.6 Å². The van der Waals surface area contributed by atoms with E-state index < -0.39 is 0 Å².